The number of rotatable bonds is 3. The summed E-state index contributed by atoms with van der Waals surface area (Å²) in [6, 6.07) is 4.18. The molecule has 0 radical (unpaired) electrons. The highest BCUT2D eigenvalue weighted by atomic mass is 32.1. The third kappa shape index (κ3) is 2.88. The normalized spacial score (nSPS) is 22.5. The molecule has 0 aliphatic carbocycles. The van der Waals surface area contributed by atoms with Gasteiger partial charge in [0.25, 0.3) is 5.91 Å². The van der Waals surface area contributed by atoms with E-state index >= 15 is 0 Å². The molecule has 3 rings (SSSR count). The number of nitrogens with two attached hydrogens (primary N) is 1. The van der Waals surface area contributed by atoms with Gasteiger partial charge < -0.3 is 10.6 Å². The van der Waals surface area contributed by atoms with E-state index in [1.807, 2.05) is 22.4 Å². The summed E-state index contributed by atoms with van der Waals surface area (Å²) in [4.78, 5) is 20.9. The smallest absolute Gasteiger partial charge is 0.265 e. The highest BCUT2D eigenvalue weighted by Gasteiger charge is 2.32. The molecule has 3 heterocycles. The average molecular weight is 321 g/mol. The molecule has 21 heavy (non-hydrogen) atoms. The van der Waals surface area contributed by atoms with Crippen LogP contribution in [0, 0.1) is 5.92 Å². The Bertz CT molecular complexity index is 608. The summed E-state index contributed by atoms with van der Waals surface area (Å²) < 4.78 is 0. The standard InChI is InChI=1S/C15H19N3OS2/c1-10-4-2-6-18(11(10)8-16)15(19)13-9-17-14(21-13)12-5-3-7-20-12/h3,5,7,9-11H,2,4,6,8,16H2,1H3/t10-,11+/m0/s1. The fraction of sp³-hybridized carbons (Fsp3) is 0.467. The van der Waals surface area contributed by atoms with E-state index in [9.17, 15) is 4.79 Å². The molecule has 1 saturated heterocycles. The number of thiazole rings is 1. The third-order valence-corrected chi connectivity index (χ3v) is 6.09. The summed E-state index contributed by atoms with van der Waals surface area (Å²) in [5, 5.41) is 2.94. The van der Waals surface area contributed by atoms with Crippen LogP contribution in [0.5, 0.6) is 0 Å². The largest absolute Gasteiger partial charge is 0.333 e. The Morgan fingerprint density at radius 1 is 1.57 bits per heavy atom. The van der Waals surface area contributed by atoms with E-state index in [2.05, 4.69) is 11.9 Å². The monoisotopic (exact) mass is 321 g/mol. The number of aromatic nitrogens is 1. The van der Waals surface area contributed by atoms with Gasteiger partial charge in [-0.1, -0.05) is 13.0 Å². The molecule has 1 aliphatic heterocycles. The third-order valence-electron chi connectivity index (χ3n) is 4.07. The molecule has 2 atom stereocenters. The molecule has 0 aromatic carbocycles. The maximum absolute atomic E-state index is 12.7. The Morgan fingerprint density at radius 2 is 2.43 bits per heavy atom. The van der Waals surface area contributed by atoms with Gasteiger partial charge in [0.1, 0.15) is 9.88 Å². The predicted molar refractivity (Wildman–Crippen MR) is 87.7 cm³/mol. The molecule has 2 aromatic rings. The van der Waals surface area contributed by atoms with Gasteiger partial charge in [-0.2, -0.15) is 0 Å². The van der Waals surface area contributed by atoms with E-state index in [0.717, 1.165) is 29.3 Å². The van der Waals surface area contributed by atoms with Crippen LogP contribution in [0.4, 0.5) is 0 Å². The van der Waals surface area contributed by atoms with Crippen LogP contribution >= 0.6 is 22.7 Å². The lowest BCUT2D eigenvalue weighted by molar-refractivity contribution is 0.0537. The fourth-order valence-electron chi connectivity index (χ4n) is 2.89. The van der Waals surface area contributed by atoms with Crippen molar-refractivity contribution in [2.24, 2.45) is 11.7 Å². The number of hydrogen-bond acceptors (Lipinski definition) is 5. The molecule has 0 saturated carbocycles. The second-order valence-corrected chi connectivity index (χ2v) is 7.41. The van der Waals surface area contributed by atoms with Gasteiger partial charge in [0.15, 0.2) is 0 Å². The van der Waals surface area contributed by atoms with E-state index in [1.165, 1.54) is 11.3 Å². The maximum atomic E-state index is 12.7. The number of carbonyl (C=O) groups is 1. The first-order chi connectivity index (χ1) is 10.2. The van der Waals surface area contributed by atoms with E-state index in [1.54, 1.807) is 17.5 Å². The molecular formula is C15H19N3OS2. The fourth-order valence-corrected chi connectivity index (χ4v) is 4.57. The summed E-state index contributed by atoms with van der Waals surface area (Å²) in [6.07, 6.45) is 3.91. The Hall–Kier alpha value is -1.24. The first-order valence-corrected chi connectivity index (χ1v) is 8.91. The van der Waals surface area contributed by atoms with Gasteiger partial charge in [-0.25, -0.2) is 4.98 Å². The van der Waals surface area contributed by atoms with Crippen molar-refractivity contribution in [2.75, 3.05) is 13.1 Å². The van der Waals surface area contributed by atoms with Crippen molar-refractivity contribution in [3.8, 4) is 9.88 Å². The van der Waals surface area contributed by atoms with E-state index in [-0.39, 0.29) is 11.9 Å². The first kappa shape index (κ1) is 14.7. The highest BCUT2D eigenvalue weighted by molar-refractivity contribution is 7.21. The minimum Gasteiger partial charge on any atom is -0.333 e. The highest BCUT2D eigenvalue weighted by Crippen LogP contribution is 2.31. The topological polar surface area (TPSA) is 59.2 Å². The van der Waals surface area contributed by atoms with Gasteiger partial charge in [-0.15, -0.1) is 22.7 Å². The zero-order chi connectivity index (χ0) is 14.8. The second kappa shape index (κ2) is 6.25. The van der Waals surface area contributed by atoms with Gasteiger partial charge in [0, 0.05) is 19.1 Å². The van der Waals surface area contributed by atoms with Crippen molar-refractivity contribution in [2.45, 2.75) is 25.8 Å². The maximum Gasteiger partial charge on any atom is 0.265 e. The number of hydrogen-bond donors (Lipinski definition) is 1. The summed E-state index contributed by atoms with van der Waals surface area (Å²) in [7, 11) is 0. The van der Waals surface area contributed by atoms with Crippen molar-refractivity contribution in [3.05, 3.63) is 28.6 Å². The molecule has 0 bridgehead atoms. The summed E-state index contributed by atoms with van der Waals surface area (Å²) in [5.74, 6) is 0.551. The lowest BCUT2D eigenvalue weighted by atomic mass is 9.90. The molecular weight excluding hydrogens is 302 g/mol. The molecule has 1 amide bonds. The molecule has 2 N–H and O–H groups in total. The van der Waals surface area contributed by atoms with Crippen LogP contribution in [0.25, 0.3) is 9.88 Å². The summed E-state index contributed by atoms with van der Waals surface area (Å²) in [5.41, 5.74) is 5.88. The first-order valence-electron chi connectivity index (χ1n) is 7.21. The van der Waals surface area contributed by atoms with Crippen LogP contribution in [0.15, 0.2) is 23.7 Å². The molecule has 6 heteroatoms. The lowest BCUT2D eigenvalue weighted by Crippen LogP contribution is -2.51. The zero-order valence-electron chi connectivity index (χ0n) is 12.0. The van der Waals surface area contributed by atoms with Gasteiger partial charge in [-0.05, 0) is 30.2 Å². The molecule has 0 spiro atoms. The van der Waals surface area contributed by atoms with Crippen LogP contribution < -0.4 is 5.73 Å². The molecule has 112 valence electrons. The number of thiophene rings is 1. The van der Waals surface area contributed by atoms with E-state index in [0.29, 0.717) is 17.3 Å². The lowest BCUT2D eigenvalue weighted by Gasteiger charge is -2.39. The van der Waals surface area contributed by atoms with Gasteiger partial charge in [-0.3, -0.25) is 4.79 Å². The van der Waals surface area contributed by atoms with Crippen LogP contribution in [0.3, 0.4) is 0 Å². The molecule has 2 aromatic heterocycles. The Labute approximate surface area is 132 Å². The molecule has 4 nitrogen and oxygen atoms in total. The van der Waals surface area contributed by atoms with Crippen molar-refractivity contribution < 1.29 is 4.79 Å². The molecule has 1 aliphatic rings. The quantitative estimate of drug-likeness (QED) is 0.945. The van der Waals surface area contributed by atoms with Crippen molar-refractivity contribution in [1.82, 2.24) is 9.88 Å². The number of amides is 1. The Kier molecular flexibility index (Phi) is 4.37. The van der Waals surface area contributed by atoms with Crippen LogP contribution in [-0.2, 0) is 0 Å². The SMILES string of the molecule is C[C@H]1CCCN(C(=O)c2cnc(-c3cccs3)s2)[C@@H]1CN. The zero-order valence-corrected chi connectivity index (χ0v) is 13.6. The van der Waals surface area contributed by atoms with Crippen LogP contribution in [0.1, 0.15) is 29.4 Å². The van der Waals surface area contributed by atoms with Gasteiger partial charge in [0.05, 0.1) is 11.1 Å². The molecule has 0 unspecified atom stereocenters. The average Bonchev–Trinajstić information content (AvgIpc) is 3.16. The Balaban J connectivity index is 1.81. The van der Waals surface area contributed by atoms with Gasteiger partial charge >= 0.3 is 0 Å². The van der Waals surface area contributed by atoms with E-state index < -0.39 is 0 Å². The van der Waals surface area contributed by atoms with E-state index in [4.69, 9.17) is 5.73 Å². The predicted octanol–water partition coefficient (Wildman–Crippen LogP) is 3.07. The van der Waals surface area contributed by atoms with Crippen molar-refractivity contribution in [3.63, 3.8) is 0 Å². The minimum atomic E-state index is 0.0808. The summed E-state index contributed by atoms with van der Waals surface area (Å²) in [6.45, 7) is 3.52. The Morgan fingerprint density at radius 3 is 3.14 bits per heavy atom. The van der Waals surface area contributed by atoms with Crippen LogP contribution in [-0.4, -0.2) is 34.9 Å². The number of likely N-dealkylation sites (tertiary alicyclic amines) is 1. The van der Waals surface area contributed by atoms with Gasteiger partial charge in [0.2, 0.25) is 0 Å². The van der Waals surface area contributed by atoms with Crippen LogP contribution in [0.2, 0.25) is 0 Å². The summed E-state index contributed by atoms with van der Waals surface area (Å²) >= 11 is 3.12. The number of nitrogens with zero attached hydrogens (tertiary/aromatic N) is 2. The van der Waals surface area contributed by atoms with Crippen molar-refractivity contribution >= 4 is 28.6 Å². The van der Waals surface area contributed by atoms with Crippen molar-refractivity contribution in [1.29, 1.82) is 0 Å². The second-order valence-electron chi connectivity index (χ2n) is 5.43. The number of piperidine rings is 1. The number of carbonyl (C=O) groups excluding carboxylic acids is 1. The minimum absolute atomic E-state index is 0.0808. The molecule has 1 fully saturated rings.